The summed E-state index contributed by atoms with van der Waals surface area (Å²) in [4.78, 5) is 4.49. The second-order valence-electron chi connectivity index (χ2n) is 5.28. The molecule has 0 fully saturated rings. The van der Waals surface area contributed by atoms with Gasteiger partial charge in [0.05, 0.1) is 12.1 Å². The number of anilines is 1. The lowest BCUT2D eigenvalue weighted by Gasteiger charge is -2.36. The van der Waals surface area contributed by atoms with Crippen LogP contribution < -0.4 is 15.4 Å². The molecule has 4 nitrogen and oxygen atoms in total. The zero-order valence-corrected chi connectivity index (χ0v) is 12.4. The smallest absolute Gasteiger partial charge is 0.126 e. The van der Waals surface area contributed by atoms with Crippen molar-refractivity contribution in [1.29, 1.82) is 0 Å². The van der Waals surface area contributed by atoms with Crippen LogP contribution in [0.2, 0.25) is 0 Å². The number of hydrogen-bond donors (Lipinski definition) is 1. The summed E-state index contributed by atoms with van der Waals surface area (Å²) in [6, 6.07) is 6.73. The maximum absolute atomic E-state index is 6.17. The Balaban J connectivity index is 2.36. The van der Waals surface area contributed by atoms with E-state index < -0.39 is 0 Å². The van der Waals surface area contributed by atoms with Crippen molar-refractivity contribution in [2.24, 2.45) is 5.73 Å². The Morgan fingerprint density at radius 1 is 1.26 bits per heavy atom. The van der Waals surface area contributed by atoms with Crippen LogP contribution in [0.1, 0.15) is 25.5 Å². The van der Waals surface area contributed by atoms with Crippen molar-refractivity contribution in [1.82, 2.24) is 4.90 Å². The van der Waals surface area contributed by atoms with Crippen molar-refractivity contribution in [2.75, 3.05) is 38.7 Å². The standard InChI is InChI=1S/C15H25N3O/c1-5-18(6-2)11-7-8-12-14(9-11)19-10-13(16)15(12)17(3)4/h7-9,13,15H,5-6,10,16H2,1-4H3. The lowest BCUT2D eigenvalue weighted by molar-refractivity contribution is 0.162. The molecule has 4 heteroatoms. The molecule has 2 unspecified atom stereocenters. The number of nitrogens with two attached hydrogens (primary N) is 1. The summed E-state index contributed by atoms with van der Waals surface area (Å²) in [7, 11) is 4.13. The SMILES string of the molecule is CCN(CC)c1ccc2c(c1)OCC(N)C2N(C)C. The summed E-state index contributed by atoms with van der Waals surface area (Å²) >= 11 is 0. The van der Waals surface area contributed by atoms with Crippen LogP contribution in [0.25, 0.3) is 0 Å². The van der Waals surface area contributed by atoms with Gasteiger partial charge >= 0.3 is 0 Å². The van der Waals surface area contributed by atoms with Crippen LogP contribution in [0.5, 0.6) is 5.75 Å². The lowest BCUT2D eigenvalue weighted by atomic mass is 9.95. The molecule has 0 spiro atoms. The molecule has 2 N–H and O–H groups in total. The summed E-state index contributed by atoms with van der Waals surface area (Å²) in [6.45, 7) is 6.93. The summed E-state index contributed by atoms with van der Waals surface area (Å²) in [6.07, 6.45) is 0. The van der Waals surface area contributed by atoms with Crippen LogP contribution >= 0.6 is 0 Å². The topological polar surface area (TPSA) is 41.7 Å². The number of nitrogens with zero attached hydrogens (tertiary/aromatic N) is 2. The number of fused-ring (bicyclic) bond motifs is 1. The van der Waals surface area contributed by atoms with Crippen LogP contribution in [0.15, 0.2) is 18.2 Å². The van der Waals surface area contributed by atoms with Crippen molar-refractivity contribution in [3.63, 3.8) is 0 Å². The number of ether oxygens (including phenoxy) is 1. The third-order valence-electron chi connectivity index (χ3n) is 3.84. The van der Waals surface area contributed by atoms with Crippen molar-refractivity contribution < 1.29 is 4.74 Å². The minimum atomic E-state index is 0.0294. The van der Waals surface area contributed by atoms with Gasteiger partial charge in [-0.1, -0.05) is 6.07 Å². The highest BCUT2D eigenvalue weighted by Crippen LogP contribution is 2.36. The first-order valence-electron chi connectivity index (χ1n) is 7.02. The number of rotatable bonds is 4. The average Bonchev–Trinajstić information content (AvgIpc) is 2.39. The average molecular weight is 263 g/mol. The van der Waals surface area contributed by atoms with Crippen molar-refractivity contribution in [3.8, 4) is 5.75 Å². The third-order valence-corrected chi connectivity index (χ3v) is 3.84. The fourth-order valence-corrected chi connectivity index (χ4v) is 2.85. The summed E-state index contributed by atoms with van der Waals surface area (Å²) < 4.78 is 5.82. The van der Waals surface area contributed by atoms with E-state index in [1.807, 2.05) is 0 Å². The molecule has 1 aliphatic heterocycles. The van der Waals surface area contributed by atoms with Gasteiger partial charge in [-0.05, 0) is 34.0 Å². The normalized spacial score (nSPS) is 22.0. The van der Waals surface area contributed by atoms with Crippen LogP contribution in [0.3, 0.4) is 0 Å². The van der Waals surface area contributed by atoms with E-state index in [-0.39, 0.29) is 12.1 Å². The molecule has 1 aromatic carbocycles. The second-order valence-corrected chi connectivity index (χ2v) is 5.28. The van der Waals surface area contributed by atoms with Gasteiger partial charge in [-0.25, -0.2) is 0 Å². The molecular weight excluding hydrogens is 238 g/mol. The van der Waals surface area contributed by atoms with Gasteiger partial charge in [0.2, 0.25) is 0 Å². The first-order valence-corrected chi connectivity index (χ1v) is 7.02. The van der Waals surface area contributed by atoms with Gasteiger partial charge in [0.1, 0.15) is 12.4 Å². The minimum absolute atomic E-state index is 0.0294. The largest absolute Gasteiger partial charge is 0.491 e. The van der Waals surface area contributed by atoms with E-state index in [1.54, 1.807) is 0 Å². The first-order chi connectivity index (χ1) is 9.08. The first kappa shape index (κ1) is 14.2. The van der Waals surface area contributed by atoms with Crippen LogP contribution in [-0.4, -0.2) is 44.7 Å². The number of likely N-dealkylation sites (N-methyl/N-ethyl adjacent to an activating group) is 1. The second kappa shape index (κ2) is 5.80. The Morgan fingerprint density at radius 2 is 1.95 bits per heavy atom. The van der Waals surface area contributed by atoms with E-state index >= 15 is 0 Å². The molecule has 106 valence electrons. The summed E-state index contributed by atoms with van der Waals surface area (Å²) in [5.74, 6) is 0.977. The van der Waals surface area contributed by atoms with Gasteiger partial charge in [-0.2, -0.15) is 0 Å². The maximum Gasteiger partial charge on any atom is 0.126 e. The Morgan fingerprint density at radius 3 is 2.53 bits per heavy atom. The van der Waals surface area contributed by atoms with Gasteiger partial charge in [0, 0.05) is 30.4 Å². The molecule has 1 heterocycles. The molecule has 0 aliphatic carbocycles. The van der Waals surface area contributed by atoms with Gasteiger partial charge in [0.15, 0.2) is 0 Å². The molecule has 1 aromatic rings. The van der Waals surface area contributed by atoms with Crippen LogP contribution in [0.4, 0.5) is 5.69 Å². The van der Waals surface area contributed by atoms with Crippen molar-refractivity contribution >= 4 is 5.69 Å². The van der Waals surface area contributed by atoms with E-state index in [1.165, 1.54) is 11.3 Å². The zero-order valence-electron chi connectivity index (χ0n) is 12.4. The summed E-state index contributed by atoms with van der Waals surface area (Å²) in [5, 5.41) is 0. The molecule has 2 atom stereocenters. The lowest BCUT2D eigenvalue weighted by Crippen LogP contribution is -2.44. The van der Waals surface area contributed by atoms with E-state index in [4.69, 9.17) is 10.5 Å². The molecule has 0 saturated carbocycles. The monoisotopic (exact) mass is 263 g/mol. The third kappa shape index (κ3) is 2.69. The Labute approximate surface area is 116 Å². The molecule has 0 amide bonds. The summed E-state index contributed by atoms with van der Waals surface area (Å²) in [5.41, 5.74) is 8.58. The number of hydrogen-bond acceptors (Lipinski definition) is 4. The van der Waals surface area contributed by atoms with E-state index in [0.717, 1.165) is 18.8 Å². The van der Waals surface area contributed by atoms with Crippen molar-refractivity contribution in [2.45, 2.75) is 25.9 Å². The van der Waals surface area contributed by atoms with Crippen molar-refractivity contribution in [3.05, 3.63) is 23.8 Å². The van der Waals surface area contributed by atoms with Crippen LogP contribution in [-0.2, 0) is 0 Å². The fourth-order valence-electron chi connectivity index (χ4n) is 2.85. The van der Waals surface area contributed by atoms with Crippen LogP contribution in [0, 0.1) is 0 Å². The van der Waals surface area contributed by atoms with E-state index in [0.29, 0.717) is 6.61 Å². The zero-order chi connectivity index (χ0) is 14.0. The molecule has 2 rings (SSSR count). The van der Waals surface area contributed by atoms with Gasteiger partial charge in [-0.3, -0.25) is 0 Å². The molecule has 0 saturated heterocycles. The Bertz CT molecular complexity index is 429. The fraction of sp³-hybridized carbons (Fsp3) is 0.600. The highest BCUT2D eigenvalue weighted by molar-refractivity contribution is 5.55. The quantitative estimate of drug-likeness (QED) is 0.900. The van der Waals surface area contributed by atoms with E-state index in [2.05, 4.69) is 55.9 Å². The maximum atomic E-state index is 6.17. The molecule has 0 radical (unpaired) electrons. The minimum Gasteiger partial charge on any atom is -0.491 e. The molecule has 1 aliphatic rings. The molecule has 0 bridgehead atoms. The highest BCUT2D eigenvalue weighted by atomic mass is 16.5. The predicted octanol–water partition coefficient (Wildman–Crippen LogP) is 1.86. The molecular formula is C15H25N3O. The Hall–Kier alpha value is -1.26. The van der Waals surface area contributed by atoms with Gasteiger partial charge in [0.25, 0.3) is 0 Å². The van der Waals surface area contributed by atoms with Gasteiger partial charge in [-0.15, -0.1) is 0 Å². The van der Waals surface area contributed by atoms with Gasteiger partial charge < -0.3 is 20.3 Å². The molecule has 0 aromatic heterocycles. The molecule has 19 heavy (non-hydrogen) atoms. The predicted molar refractivity (Wildman–Crippen MR) is 79.9 cm³/mol. The number of benzene rings is 1. The Kier molecular flexibility index (Phi) is 4.32. The van der Waals surface area contributed by atoms with E-state index in [9.17, 15) is 0 Å². The highest BCUT2D eigenvalue weighted by Gasteiger charge is 2.30.